The van der Waals surface area contributed by atoms with Crippen molar-refractivity contribution in [1.29, 1.82) is 0 Å². The minimum absolute atomic E-state index is 0.525. The summed E-state index contributed by atoms with van der Waals surface area (Å²) < 4.78 is 0. The third-order valence-corrected chi connectivity index (χ3v) is 5.95. The van der Waals surface area contributed by atoms with Gasteiger partial charge in [-0.3, -0.25) is 4.99 Å². The lowest BCUT2D eigenvalue weighted by Crippen LogP contribution is -2.35. The van der Waals surface area contributed by atoms with E-state index in [9.17, 15) is 0 Å². The normalized spacial score (nSPS) is 14.1. The average Bonchev–Trinajstić information content (AvgIpc) is 3.27. The molecule has 0 bridgehead atoms. The second kappa shape index (κ2) is 7.29. The quantitative estimate of drug-likeness (QED) is 0.638. The van der Waals surface area contributed by atoms with Crippen LogP contribution in [0.15, 0.2) is 34.0 Å². The van der Waals surface area contributed by atoms with Crippen molar-refractivity contribution in [3.8, 4) is 22.0 Å². The molecule has 0 spiro atoms. The Hall–Kier alpha value is -1.67. The van der Waals surface area contributed by atoms with Gasteiger partial charge in [-0.05, 0) is 18.6 Å². The zero-order valence-corrected chi connectivity index (χ0v) is 16.1. The number of thiazole rings is 2. The Morgan fingerprint density at radius 3 is 2.68 bits per heavy atom. The zero-order chi connectivity index (χ0) is 17.2. The fourth-order valence-electron chi connectivity index (χ4n) is 2.32. The van der Waals surface area contributed by atoms with Crippen LogP contribution in [0.1, 0.15) is 6.42 Å². The maximum Gasteiger partial charge on any atom is 0.197 e. The van der Waals surface area contributed by atoms with Gasteiger partial charge in [0, 0.05) is 29.4 Å². The lowest BCUT2D eigenvalue weighted by Gasteiger charge is -2.13. The van der Waals surface area contributed by atoms with Gasteiger partial charge in [0.1, 0.15) is 16.4 Å². The SMILES string of the molecule is Clc1ccc(-c2nc(-c3csc(NC4=NCCCN4)n3)cs2)cc1Cl. The number of rotatable bonds is 3. The van der Waals surface area contributed by atoms with Crippen LogP contribution in [0.4, 0.5) is 5.13 Å². The molecular formula is C16H13Cl2N5S2. The highest BCUT2D eigenvalue weighted by Gasteiger charge is 2.12. The van der Waals surface area contributed by atoms with Gasteiger partial charge < -0.3 is 10.6 Å². The molecule has 1 aromatic carbocycles. The minimum Gasteiger partial charge on any atom is -0.356 e. The predicted molar refractivity (Wildman–Crippen MR) is 107 cm³/mol. The molecule has 3 heterocycles. The third-order valence-electron chi connectivity index (χ3n) is 3.56. The van der Waals surface area contributed by atoms with Crippen molar-refractivity contribution in [1.82, 2.24) is 15.3 Å². The fourth-order valence-corrected chi connectivity index (χ4v) is 4.13. The Labute approximate surface area is 162 Å². The van der Waals surface area contributed by atoms with Crippen molar-refractivity contribution in [2.45, 2.75) is 6.42 Å². The number of aliphatic imine (C=N–C) groups is 1. The van der Waals surface area contributed by atoms with E-state index < -0.39 is 0 Å². The number of aromatic nitrogens is 2. The van der Waals surface area contributed by atoms with Crippen molar-refractivity contribution < 1.29 is 0 Å². The first-order chi connectivity index (χ1) is 12.2. The molecule has 0 saturated heterocycles. The van der Waals surface area contributed by atoms with Gasteiger partial charge in [0.25, 0.3) is 0 Å². The summed E-state index contributed by atoms with van der Waals surface area (Å²) in [6, 6.07) is 5.52. The summed E-state index contributed by atoms with van der Waals surface area (Å²) in [7, 11) is 0. The second-order valence-electron chi connectivity index (χ2n) is 5.34. The maximum atomic E-state index is 6.09. The molecule has 3 aromatic rings. The van der Waals surface area contributed by atoms with Crippen molar-refractivity contribution >= 4 is 57.0 Å². The van der Waals surface area contributed by atoms with E-state index in [-0.39, 0.29) is 0 Å². The molecule has 0 unspecified atom stereocenters. The van der Waals surface area contributed by atoms with Crippen LogP contribution in [-0.2, 0) is 0 Å². The molecule has 128 valence electrons. The summed E-state index contributed by atoms with van der Waals surface area (Å²) >= 11 is 15.1. The van der Waals surface area contributed by atoms with E-state index >= 15 is 0 Å². The van der Waals surface area contributed by atoms with E-state index in [1.54, 1.807) is 17.4 Å². The molecular weight excluding hydrogens is 397 g/mol. The summed E-state index contributed by atoms with van der Waals surface area (Å²) in [5.74, 6) is 0.780. The molecule has 1 aliphatic heterocycles. The summed E-state index contributed by atoms with van der Waals surface area (Å²) in [5.41, 5.74) is 2.63. The van der Waals surface area contributed by atoms with Gasteiger partial charge in [0.05, 0.1) is 10.0 Å². The number of hydrogen-bond acceptors (Lipinski definition) is 7. The topological polar surface area (TPSA) is 62.2 Å². The number of nitrogens with zero attached hydrogens (tertiary/aromatic N) is 3. The van der Waals surface area contributed by atoms with Crippen molar-refractivity contribution in [2.24, 2.45) is 4.99 Å². The van der Waals surface area contributed by atoms with E-state index in [2.05, 4.69) is 25.6 Å². The van der Waals surface area contributed by atoms with Gasteiger partial charge in [-0.15, -0.1) is 22.7 Å². The summed E-state index contributed by atoms with van der Waals surface area (Å²) in [5, 5.41) is 13.2. The Kier molecular flexibility index (Phi) is 4.89. The molecule has 25 heavy (non-hydrogen) atoms. The molecule has 2 aromatic heterocycles. The first-order valence-corrected chi connectivity index (χ1v) is 10.1. The summed E-state index contributed by atoms with van der Waals surface area (Å²) in [4.78, 5) is 13.7. The number of hydrogen-bond donors (Lipinski definition) is 2. The van der Waals surface area contributed by atoms with Crippen LogP contribution in [0.5, 0.6) is 0 Å². The molecule has 4 rings (SSSR count). The largest absolute Gasteiger partial charge is 0.356 e. The molecule has 0 atom stereocenters. The molecule has 9 heteroatoms. The summed E-state index contributed by atoms with van der Waals surface area (Å²) in [6.45, 7) is 1.77. The van der Waals surface area contributed by atoms with Crippen LogP contribution < -0.4 is 10.6 Å². The van der Waals surface area contributed by atoms with E-state index in [0.717, 1.165) is 52.6 Å². The zero-order valence-electron chi connectivity index (χ0n) is 12.9. The van der Waals surface area contributed by atoms with Gasteiger partial charge in [0.2, 0.25) is 0 Å². The molecule has 0 fully saturated rings. The van der Waals surface area contributed by atoms with E-state index in [1.807, 2.05) is 22.9 Å². The Balaban J connectivity index is 1.54. The van der Waals surface area contributed by atoms with Crippen LogP contribution in [-0.4, -0.2) is 29.0 Å². The summed E-state index contributed by atoms with van der Waals surface area (Å²) in [6.07, 6.45) is 1.06. The van der Waals surface area contributed by atoms with Gasteiger partial charge in [0.15, 0.2) is 11.1 Å². The highest BCUT2D eigenvalue weighted by atomic mass is 35.5. The number of anilines is 1. The Morgan fingerprint density at radius 2 is 1.88 bits per heavy atom. The van der Waals surface area contributed by atoms with Crippen LogP contribution in [0.25, 0.3) is 22.0 Å². The van der Waals surface area contributed by atoms with Crippen LogP contribution in [0.3, 0.4) is 0 Å². The van der Waals surface area contributed by atoms with Crippen molar-refractivity contribution in [2.75, 3.05) is 18.4 Å². The second-order valence-corrected chi connectivity index (χ2v) is 7.87. The van der Waals surface area contributed by atoms with Gasteiger partial charge >= 0.3 is 0 Å². The molecule has 1 aliphatic rings. The smallest absolute Gasteiger partial charge is 0.197 e. The fraction of sp³-hybridized carbons (Fsp3) is 0.188. The maximum absolute atomic E-state index is 6.09. The Morgan fingerprint density at radius 1 is 1.04 bits per heavy atom. The number of guanidine groups is 1. The van der Waals surface area contributed by atoms with Crippen LogP contribution in [0.2, 0.25) is 10.0 Å². The molecule has 0 radical (unpaired) electrons. The predicted octanol–water partition coefficient (Wildman–Crippen LogP) is 5.00. The molecule has 2 N–H and O–H groups in total. The third kappa shape index (κ3) is 3.79. The number of halogens is 2. The molecule has 0 aliphatic carbocycles. The van der Waals surface area contributed by atoms with E-state index in [1.165, 1.54) is 11.3 Å². The van der Waals surface area contributed by atoms with Crippen molar-refractivity contribution in [3.63, 3.8) is 0 Å². The monoisotopic (exact) mass is 409 g/mol. The van der Waals surface area contributed by atoms with Crippen LogP contribution >= 0.6 is 45.9 Å². The number of nitrogens with one attached hydrogen (secondary N) is 2. The molecule has 0 saturated carbocycles. The van der Waals surface area contributed by atoms with E-state index in [4.69, 9.17) is 23.2 Å². The lowest BCUT2D eigenvalue weighted by molar-refractivity contribution is 0.740. The highest BCUT2D eigenvalue weighted by molar-refractivity contribution is 7.14. The van der Waals surface area contributed by atoms with Gasteiger partial charge in [-0.25, -0.2) is 9.97 Å². The number of benzene rings is 1. The standard InChI is InChI=1S/C16H13Cl2N5S2/c17-10-3-2-9(6-11(10)18)14-21-12(7-24-14)13-8-25-16(22-13)23-15-19-4-1-5-20-15/h2-3,6-8H,1,4-5H2,(H2,19,20,22,23). The highest BCUT2D eigenvalue weighted by Crippen LogP contribution is 2.33. The van der Waals surface area contributed by atoms with Gasteiger partial charge in [-0.2, -0.15) is 0 Å². The van der Waals surface area contributed by atoms with Gasteiger partial charge in [-0.1, -0.05) is 29.3 Å². The van der Waals surface area contributed by atoms with Crippen molar-refractivity contribution in [3.05, 3.63) is 39.0 Å². The molecule has 5 nitrogen and oxygen atoms in total. The molecule has 0 amide bonds. The first kappa shape index (κ1) is 16.8. The lowest BCUT2D eigenvalue weighted by atomic mass is 10.2. The minimum atomic E-state index is 0.525. The van der Waals surface area contributed by atoms with Crippen LogP contribution in [0, 0.1) is 0 Å². The van der Waals surface area contributed by atoms with E-state index in [0.29, 0.717) is 10.0 Å². The Bertz CT molecular complexity index is 934. The average molecular weight is 410 g/mol. The first-order valence-electron chi connectivity index (χ1n) is 7.61.